The Labute approximate surface area is 243 Å². The second-order valence-electron chi connectivity index (χ2n) is 10.1. The fourth-order valence-electron chi connectivity index (χ4n) is 4.25. The number of hydrogen-bond donors (Lipinski definition) is 6. The predicted molar refractivity (Wildman–Crippen MR) is 147 cm³/mol. The molecular weight excluding hydrogens is 599 g/mol. The molecule has 18 nitrogen and oxygen atoms in total. The first-order chi connectivity index (χ1) is 19.6. The van der Waals surface area contributed by atoms with Gasteiger partial charge in [0.25, 0.3) is 5.91 Å². The highest BCUT2D eigenvalue weighted by molar-refractivity contribution is 8.56. The van der Waals surface area contributed by atoms with Gasteiger partial charge in [-0.1, -0.05) is 11.4 Å². The van der Waals surface area contributed by atoms with Crippen LogP contribution in [0.3, 0.4) is 0 Å². The minimum absolute atomic E-state index is 0.0932. The number of amides is 3. The number of nitrogens with zero attached hydrogens (tertiary/aromatic N) is 4. The Morgan fingerprint density at radius 1 is 1.36 bits per heavy atom. The fourth-order valence-corrected chi connectivity index (χ4v) is 8.12. The molecule has 232 valence electrons. The van der Waals surface area contributed by atoms with Crippen LogP contribution >= 0.6 is 18.1 Å². The number of urea groups is 1. The molecular formula is C22H33N8O10PS. The number of ether oxygens (including phenoxy) is 3. The third-order valence-corrected chi connectivity index (χ3v) is 10.5. The Morgan fingerprint density at radius 2 is 2.07 bits per heavy atom. The van der Waals surface area contributed by atoms with Crippen LogP contribution < -0.4 is 26.2 Å². The van der Waals surface area contributed by atoms with Gasteiger partial charge in [0.05, 0.1) is 26.1 Å². The zero-order valence-corrected chi connectivity index (χ0v) is 25.0. The van der Waals surface area contributed by atoms with Gasteiger partial charge in [-0.2, -0.15) is 9.97 Å². The van der Waals surface area contributed by atoms with E-state index in [1.807, 2.05) is 0 Å². The lowest BCUT2D eigenvalue weighted by atomic mass is 9.96. The number of aliphatic hydroxyl groups excluding tert-OH is 1. The number of nitrogens with one attached hydrogen (secondary N) is 3. The van der Waals surface area contributed by atoms with Crippen molar-refractivity contribution in [1.29, 1.82) is 0 Å². The summed E-state index contributed by atoms with van der Waals surface area (Å²) in [6, 6.07) is -2.80. The summed E-state index contributed by atoms with van der Waals surface area (Å²) in [6.07, 6.45) is -3.16. The van der Waals surface area contributed by atoms with Crippen molar-refractivity contribution in [3.8, 4) is 5.88 Å². The van der Waals surface area contributed by atoms with Gasteiger partial charge in [0, 0.05) is 5.75 Å². The maximum Gasteiger partial charge on any atom is 0.327 e. The highest BCUT2D eigenvalue weighted by atomic mass is 32.7. The number of hydrogen-bond acceptors (Lipinski definition) is 15. The Kier molecular flexibility index (Phi) is 9.31. The quantitative estimate of drug-likeness (QED) is 0.0972. The molecule has 0 aromatic carbocycles. The number of carbonyl (C=O) groups excluding carboxylic acids is 3. The molecule has 2 fully saturated rings. The molecule has 2 saturated heterocycles. The summed E-state index contributed by atoms with van der Waals surface area (Å²) < 4.78 is 37.2. The van der Waals surface area contributed by atoms with Gasteiger partial charge in [-0.3, -0.25) is 24.0 Å². The van der Waals surface area contributed by atoms with Crippen molar-refractivity contribution in [2.75, 3.05) is 25.2 Å². The van der Waals surface area contributed by atoms with Crippen molar-refractivity contribution >= 4 is 53.1 Å². The van der Waals surface area contributed by atoms with E-state index in [4.69, 9.17) is 24.5 Å². The van der Waals surface area contributed by atoms with E-state index in [9.17, 15) is 29.2 Å². The van der Waals surface area contributed by atoms with Gasteiger partial charge in [-0.15, -0.1) is 0 Å². The Morgan fingerprint density at radius 3 is 2.69 bits per heavy atom. The zero-order valence-electron chi connectivity index (χ0n) is 23.3. The molecule has 0 unspecified atom stereocenters. The Hall–Kier alpha value is -3.06. The van der Waals surface area contributed by atoms with Crippen LogP contribution in [0.2, 0.25) is 0 Å². The molecule has 7 atom stereocenters. The van der Waals surface area contributed by atoms with E-state index >= 15 is 0 Å². The minimum atomic E-state index is -4.04. The largest absolute Gasteiger partial charge is 0.479 e. The molecule has 0 bridgehead atoms. The molecule has 0 radical (unpaired) electrons. The van der Waals surface area contributed by atoms with E-state index in [0.29, 0.717) is 11.4 Å². The molecule has 0 spiro atoms. The van der Waals surface area contributed by atoms with Gasteiger partial charge < -0.3 is 40.0 Å². The summed E-state index contributed by atoms with van der Waals surface area (Å²) in [4.78, 5) is 48.2. The number of imidazole rings is 1. The molecule has 4 rings (SSSR count). The first-order valence-electron chi connectivity index (χ1n) is 12.7. The number of rotatable bonds is 12. The van der Waals surface area contributed by atoms with Crippen molar-refractivity contribution in [3.63, 3.8) is 0 Å². The monoisotopic (exact) mass is 632 g/mol. The van der Waals surface area contributed by atoms with Crippen LogP contribution in [0.5, 0.6) is 5.88 Å². The number of fused-ring (bicyclic) bond motifs is 1. The molecule has 0 saturated carbocycles. The summed E-state index contributed by atoms with van der Waals surface area (Å²) in [6.45, 7) is 1.48. The average Bonchev–Trinajstić information content (AvgIpc) is 3.53. The van der Waals surface area contributed by atoms with Gasteiger partial charge >= 0.3 is 18.7 Å². The summed E-state index contributed by atoms with van der Waals surface area (Å²) in [5.74, 6) is -1.53. The number of esters is 1. The summed E-state index contributed by atoms with van der Waals surface area (Å²) in [7, 11) is 1.38. The Balaban J connectivity index is 1.53. The summed E-state index contributed by atoms with van der Waals surface area (Å²) in [5.41, 5.74) is 4.26. The molecule has 0 aliphatic carbocycles. The molecule has 2 aromatic heterocycles. The molecule has 2 aliphatic rings. The second-order valence-corrected chi connectivity index (χ2v) is 14.4. The molecule has 42 heavy (non-hydrogen) atoms. The van der Waals surface area contributed by atoms with Gasteiger partial charge in [-0.25, -0.2) is 14.9 Å². The van der Waals surface area contributed by atoms with Crippen molar-refractivity contribution in [1.82, 2.24) is 35.2 Å². The van der Waals surface area contributed by atoms with E-state index in [1.54, 1.807) is 13.8 Å². The van der Waals surface area contributed by atoms with E-state index in [0.717, 1.165) is 0 Å². The van der Waals surface area contributed by atoms with Crippen molar-refractivity contribution < 1.29 is 47.9 Å². The Bertz CT molecular complexity index is 1410. The van der Waals surface area contributed by atoms with Crippen molar-refractivity contribution in [3.05, 3.63) is 6.33 Å². The van der Waals surface area contributed by atoms with E-state index in [-0.39, 0.29) is 28.7 Å². The number of methoxy groups -OCH3 is 1. The standard InChI is InChI=1S/C22H33N8O10PS/c1-9(2)39-18(33)10(3)29-41(36,42-7-11-16(32)27-21(34)25-11)38-6-12-14(31)22(4,35)19(40-12)30-8-24-13-15(30)26-20(23)28-17(13)37-5/h8-12,14,19,31,35H,6-7H2,1-5H3,(H,29,36)(H2,23,26,28)(H2,25,27,32,34)/t10-,11+,12+,14+,19+,22+,41-/m0/s1. The van der Waals surface area contributed by atoms with Gasteiger partial charge in [0.2, 0.25) is 11.8 Å². The molecule has 7 N–H and O–H groups in total. The number of carbonyl (C=O) groups is 3. The smallest absolute Gasteiger partial charge is 0.327 e. The topological polar surface area (TPSA) is 251 Å². The summed E-state index contributed by atoms with van der Waals surface area (Å²) >= 11 is 0.661. The maximum atomic E-state index is 13.9. The lowest BCUT2D eigenvalue weighted by Gasteiger charge is -2.27. The number of aliphatic hydroxyl groups is 2. The van der Waals surface area contributed by atoms with Crippen LogP contribution in [0.1, 0.15) is 33.9 Å². The second kappa shape index (κ2) is 12.3. The van der Waals surface area contributed by atoms with Crippen molar-refractivity contribution in [2.24, 2.45) is 0 Å². The van der Waals surface area contributed by atoms with Gasteiger partial charge in [0.1, 0.15) is 29.9 Å². The fraction of sp³-hybridized carbons (Fsp3) is 0.636. The van der Waals surface area contributed by atoms with E-state index < -0.39 is 73.5 Å². The summed E-state index contributed by atoms with van der Waals surface area (Å²) in [5, 5.41) is 29.3. The number of nitrogens with two attached hydrogens (primary N) is 1. The molecule has 2 aliphatic heterocycles. The SMILES string of the molecule is COc1nc(N)nc2c1ncn2[C@@H]1O[C@H](CO[P@@](=O)(N[C@@H](C)C(=O)OC(C)C)SC[C@H]2NC(=O)NC2=O)[C@@H](O)[C@@]1(C)O. The van der Waals surface area contributed by atoms with Crippen LogP contribution in [-0.4, -0.2) is 103 Å². The highest BCUT2D eigenvalue weighted by Gasteiger charge is 2.54. The maximum absolute atomic E-state index is 13.9. The molecule has 4 heterocycles. The van der Waals surface area contributed by atoms with Crippen LogP contribution in [0.4, 0.5) is 10.7 Å². The molecule has 20 heteroatoms. The number of anilines is 1. The first kappa shape index (κ1) is 31.9. The van der Waals surface area contributed by atoms with E-state index in [1.165, 1.54) is 31.9 Å². The number of aromatic nitrogens is 4. The number of nitrogen functional groups attached to an aromatic ring is 1. The third kappa shape index (κ3) is 6.61. The molecule has 2 aromatic rings. The van der Waals surface area contributed by atoms with Gasteiger partial charge in [0.15, 0.2) is 17.4 Å². The predicted octanol–water partition coefficient (Wildman–Crippen LogP) is -0.578. The zero-order chi connectivity index (χ0) is 31.0. The van der Waals surface area contributed by atoms with Crippen LogP contribution in [0, 0.1) is 0 Å². The highest BCUT2D eigenvalue weighted by Crippen LogP contribution is 2.57. The minimum Gasteiger partial charge on any atom is -0.479 e. The van der Waals surface area contributed by atoms with E-state index in [2.05, 4.69) is 30.7 Å². The van der Waals surface area contributed by atoms with Crippen LogP contribution in [-0.2, 0) is 28.2 Å². The first-order valence-corrected chi connectivity index (χ1v) is 16.0. The number of imide groups is 1. The lowest BCUT2D eigenvalue weighted by Crippen LogP contribution is -2.44. The average molecular weight is 633 g/mol. The molecule has 3 amide bonds. The van der Waals surface area contributed by atoms with Gasteiger partial charge in [-0.05, 0) is 27.7 Å². The van der Waals surface area contributed by atoms with Crippen LogP contribution in [0.15, 0.2) is 6.33 Å². The van der Waals surface area contributed by atoms with Crippen LogP contribution in [0.25, 0.3) is 11.2 Å². The normalized spacial score (nSPS) is 28.0. The van der Waals surface area contributed by atoms with Crippen molar-refractivity contribution in [2.45, 2.75) is 69.9 Å². The third-order valence-electron chi connectivity index (χ3n) is 6.34. The lowest BCUT2D eigenvalue weighted by molar-refractivity contribution is -0.149.